The number of hydrogen-bond acceptors (Lipinski definition) is 4. The molecule has 0 rings (SSSR count). The average molecular weight is 247 g/mol. The van der Waals surface area contributed by atoms with Crippen molar-refractivity contribution in [1.29, 1.82) is 0 Å². The highest BCUT2D eigenvalue weighted by Crippen LogP contribution is 2.12. The van der Waals surface area contributed by atoms with Gasteiger partial charge in [-0.05, 0) is 27.7 Å². The number of carbonyl (C=O) groups is 3. The molecule has 7 nitrogen and oxygen atoms in total. The lowest BCUT2D eigenvalue weighted by molar-refractivity contribution is -0.145. The topological polar surface area (TPSA) is 104 Å². The van der Waals surface area contributed by atoms with E-state index in [0.29, 0.717) is 4.90 Å². The van der Waals surface area contributed by atoms with Gasteiger partial charge in [-0.1, -0.05) is 0 Å². The van der Waals surface area contributed by atoms with Crippen LogP contribution in [0.3, 0.4) is 0 Å². The van der Waals surface area contributed by atoms with E-state index in [1.807, 2.05) is 0 Å². The molecule has 0 saturated carbocycles. The van der Waals surface area contributed by atoms with Crippen LogP contribution in [-0.4, -0.2) is 51.3 Å². The molecule has 1 unspecified atom stereocenters. The summed E-state index contributed by atoms with van der Waals surface area (Å²) < 4.78 is 4.93. The zero-order chi connectivity index (χ0) is 13.8. The van der Waals surface area contributed by atoms with Crippen LogP contribution < -0.4 is 0 Å². The van der Waals surface area contributed by atoms with Crippen molar-refractivity contribution in [3.63, 3.8) is 0 Å². The Hall–Kier alpha value is -1.79. The quantitative estimate of drug-likeness (QED) is 0.760. The van der Waals surface area contributed by atoms with Gasteiger partial charge in [0.1, 0.15) is 18.2 Å². The normalized spacial score (nSPS) is 12.7. The number of nitrogens with zero attached hydrogens (tertiary/aromatic N) is 1. The Balaban J connectivity index is 4.86. The summed E-state index contributed by atoms with van der Waals surface area (Å²) in [4.78, 5) is 33.6. The Morgan fingerprint density at radius 3 is 2.00 bits per heavy atom. The molecule has 98 valence electrons. The average Bonchev–Trinajstić information content (AvgIpc) is 2.09. The number of carboxylic acid groups (broad SMARTS) is 2. The molecule has 0 heterocycles. The molecule has 0 radical (unpaired) electrons. The first-order chi connectivity index (χ1) is 7.54. The van der Waals surface area contributed by atoms with Crippen molar-refractivity contribution in [2.24, 2.45) is 0 Å². The van der Waals surface area contributed by atoms with Gasteiger partial charge in [-0.2, -0.15) is 0 Å². The van der Waals surface area contributed by atoms with Gasteiger partial charge < -0.3 is 14.9 Å². The van der Waals surface area contributed by atoms with Gasteiger partial charge in [-0.3, -0.25) is 9.69 Å². The van der Waals surface area contributed by atoms with Crippen LogP contribution in [0.4, 0.5) is 4.79 Å². The fourth-order valence-corrected chi connectivity index (χ4v) is 0.959. The molecule has 0 fully saturated rings. The minimum absolute atomic E-state index is 0.649. The summed E-state index contributed by atoms with van der Waals surface area (Å²) in [6, 6.07) is -1.26. The summed E-state index contributed by atoms with van der Waals surface area (Å²) in [5.41, 5.74) is -0.813. The zero-order valence-corrected chi connectivity index (χ0v) is 10.3. The first kappa shape index (κ1) is 15.2. The molecule has 0 aromatic rings. The van der Waals surface area contributed by atoms with Gasteiger partial charge in [0.2, 0.25) is 0 Å². The summed E-state index contributed by atoms with van der Waals surface area (Å²) >= 11 is 0. The van der Waals surface area contributed by atoms with Crippen LogP contribution in [-0.2, 0) is 14.3 Å². The highest BCUT2D eigenvalue weighted by Gasteiger charge is 2.31. The number of hydrogen-bond donors (Lipinski definition) is 2. The third-order valence-electron chi connectivity index (χ3n) is 1.76. The van der Waals surface area contributed by atoms with Crippen LogP contribution in [0.5, 0.6) is 0 Å². The minimum atomic E-state index is -1.30. The Kier molecular flexibility index (Phi) is 4.93. The van der Waals surface area contributed by atoms with E-state index in [9.17, 15) is 14.4 Å². The van der Waals surface area contributed by atoms with Gasteiger partial charge in [-0.15, -0.1) is 0 Å². The summed E-state index contributed by atoms with van der Waals surface area (Å²) in [6.45, 7) is 5.32. The molecule has 1 amide bonds. The van der Waals surface area contributed by atoms with Gasteiger partial charge in [0.15, 0.2) is 0 Å². The molecule has 0 aliphatic carbocycles. The number of amides is 1. The molecule has 1 atom stereocenters. The molecule has 0 aliphatic rings. The van der Waals surface area contributed by atoms with Crippen molar-refractivity contribution >= 4 is 18.0 Å². The maximum Gasteiger partial charge on any atom is 0.411 e. The van der Waals surface area contributed by atoms with Crippen LogP contribution >= 0.6 is 0 Å². The number of rotatable bonds is 4. The second-order valence-electron chi connectivity index (χ2n) is 4.52. The molecular weight excluding hydrogens is 230 g/mol. The standard InChI is InChI=1S/C10H17NO6/c1-6(8(14)15)11(5-7(12)13)9(16)17-10(2,3)4/h6H,5H2,1-4H3,(H,12,13)(H,14,15). The van der Waals surface area contributed by atoms with Crippen molar-refractivity contribution in [2.45, 2.75) is 39.3 Å². The third-order valence-corrected chi connectivity index (χ3v) is 1.76. The second-order valence-corrected chi connectivity index (χ2v) is 4.52. The Labute approximate surface area is 99.0 Å². The fourth-order valence-electron chi connectivity index (χ4n) is 0.959. The number of ether oxygens (including phenoxy) is 1. The van der Waals surface area contributed by atoms with Crippen molar-refractivity contribution in [3.05, 3.63) is 0 Å². The Morgan fingerprint density at radius 2 is 1.71 bits per heavy atom. The molecule has 0 bridgehead atoms. The van der Waals surface area contributed by atoms with Crippen LogP contribution in [0.2, 0.25) is 0 Å². The van der Waals surface area contributed by atoms with Gasteiger partial charge in [0, 0.05) is 0 Å². The molecule has 0 spiro atoms. The van der Waals surface area contributed by atoms with Crippen LogP contribution in [0.1, 0.15) is 27.7 Å². The fraction of sp³-hybridized carbons (Fsp3) is 0.700. The SMILES string of the molecule is CC(C(=O)O)N(CC(=O)O)C(=O)OC(C)(C)C. The highest BCUT2D eigenvalue weighted by atomic mass is 16.6. The molecule has 0 aliphatic heterocycles. The monoisotopic (exact) mass is 247 g/mol. The summed E-state index contributed by atoms with van der Waals surface area (Å²) in [5, 5.41) is 17.4. The number of carbonyl (C=O) groups excluding carboxylic acids is 1. The minimum Gasteiger partial charge on any atom is -0.480 e. The molecule has 7 heteroatoms. The molecule has 17 heavy (non-hydrogen) atoms. The first-order valence-electron chi connectivity index (χ1n) is 4.99. The van der Waals surface area contributed by atoms with E-state index in [2.05, 4.69) is 0 Å². The predicted octanol–water partition coefficient (Wildman–Crippen LogP) is 0.781. The first-order valence-corrected chi connectivity index (χ1v) is 4.99. The molecule has 0 saturated heterocycles. The lowest BCUT2D eigenvalue weighted by Crippen LogP contribution is -2.48. The van der Waals surface area contributed by atoms with Crippen LogP contribution in [0.25, 0.3) is 0 Å². The van der Waals surface area contributed by atoms with E-state index in [0.717, 1.165) is 0 Å². The van der Waals surface area contributed by atoms with Crippen LogP contribution in [0.15, 0.2) is 0 Å². The summed E-state index contributed by atoms with van der Waals surface area (Å²) in [7, 11) is 0. The van der Waals surface area contributed by atoms with Crippen LogP contribution in [0, 0.1) is 0 Å². The van der Waals surface area contributed by atoms with E-state index >= 15 is 0 Å². The smallest absolute Gasteiger partial charge is 0.411 e. The maximum absolute atomic E-state index is 11.6. The zero-order valence-electron chi connectivity index (χ0n) is 10.3. The Bertz CT molecular complexity index is 319. The van der Waals surface area contributed by atoms with Gasteiger partial charge in [0.05, 0.1) is 0 Å². The number of aliphatic carboxylic acids is 2. The van der Waals surface area contributed by atoms with Crippen molar-refractivity contribution in [3.8, 4) is 0 Å². The molecule has 2 N–H and O–H groups in total. The number of carboxylic acids is 2. The maximum atomic E-state index is 11.6. The molecular formula is C10H17NO6. The van der Waals surface area contributed by atoms with Crippen molar-refractivity contribution in [1.82, 2.24) is 4.90 Å². The largest absolute Gasteiger partial charge is 0.480 e. The molecule has 0 aromatic heterocycles. The third kappa shape index (κ3) is 5.74. The van der Waals surface area contributed by atoms with Crippen molar-refractivity contribution < 1.29 is 29.3 Å². The predicted molar refractivity (Wildman–Crippen MR) is 57.7 cm³/mol. The van der Waals surface area contributed by atoms with Gasteiger partial charge in [0.25, 0.3) is 0 Å². The summed E-state index contributed by atoms with van der Waals surface area (Å²) in [5.74, 6) is -2.60. The molecule has 0 aromatic carbocycles. The van der Waals surface area contributed by atoms with E-state index in [4.69, 9.17) is 14.9 Å². The van der Waals surface area contributed by atoms with E-state index < -0.39 is 36.2 Å². The van der Waals surface area contributed by atoms with Gasteiger partial charge in [-0.25, -0.2) is 9.59 Å². The summed E-state index contributed by atoms with van der Waals surface area (Å²) in [6.07, 6.45) is -0.963. The Morgan fingerprint density at radius 1 is 1.24 bits per heavy atom. The van der Waals surface area contributed by atoms with E-state index in [1.165, 1.54) is 6.92 Å². The lowest BCUT2D eigenvalue weighted by Gasteiger charge is -2.28. The van der Waals surface area contributed by atoms with E-state index in [1.54, 1.807) is 20.8 Å². The highest BCUT2D eigenvalue weighted by molar-refractivity contribution is 5.83. The van der Waals surface area contributed by atoms with Crippen molar-refractivity contribution in [2.75, 3.05) is 6.54 Å². The van der Waals surface area contributed by atoms with Gasteiger partial charge >= 0.3 is 18.0 Å². The lowest BCUT2D eigenvalue weighted by atomic mass is 10.2. The second kappa shape index (κ2) is 5.51. The van der Waals surface area contributed by atoms with E-state index in [-0.39, 0.29) is 0 Å².